The number of rotatable bonds is 4. The van der Waals surface area contributed by atoms with E-state index < -0.39 is 5.97 Å². The quantitative estimate of drug-likeness (QED) is 0.773. The molecule has 2 N–H and O–H groups in total. The predicted molar refractivity (Wildman–Crippen MR) is 78.5 cm³/mol. The van der Waals surface area contributed by atoms with E-state index in [0.717, 1.165) is 4.88 Å². The van der Waals surface area contributed by atoms with Crippen molar-refractivity contribution in [2.45, 2.75) is 13.0 Å². The monoisotopic (exact) mass is 287 g/mol. The highest BCUT2D eigenvalue weighted by Gasteiger charge is 2.20. The summed E-state index contributed by atoms with van der Waals surface area (Å²) in [6.07, 6.45) is 1.70. The zero-order valence-corrected chi connectivity index (χ0v) is 11.6. The molecule has 0 aromatic carbocycles. The Bertz CT molecular complexity index is 749. The summed E-state index contributed by atoms with van der Waals surface area (Å²) in [5, 5.41) is 14.6. The van der Waals surface area contributed by atoms with Crippen LogP contribution in [-0.2, 0) is 0 Å². The molecule has 1 atom stereocenters. The first-order valence-corrected chi connectivity index (χ1v) is 7.05. The van der Waals surface area contributed by atoms with Crippen LogP contribution in [-0.4, -0.2) is 20.5 Å². The van der Waals surface area contributed by atoms with Gasteiger partial charge >= 0.3 is 5.97 Å². The average Bonchev–Trinajstić information content (AvgIpc) is 3.05. The largest absolute Gasteiger partial charge is 0.476 e. The molecule has 0 saturated heterocycles. The molecule has 3 aromatic heterocycles. The molecule has 0 radical (unpaired) electrons. The van der Waals surface area contributed by atoms with E-state index >= 15 is 0 Å². The number of nitrogens with one attached hydrogen (secondary N) is 1. The second kappa shape index (κ2) is 4.97. The molecule has 3 heterocycles. The molecule has 20 heavy (non-hydrogen) atoms. The Balaban J connectivity index is 2.02. The molecule has 5 nitrogen and oxygen atoms in total. The number of carboxylic acids is 1. The van der Waals surface area contributed by atoms with E-state index in [1.807, 2.05) is 30.5 Å². The van der Waals surface area contributed by atoms with Crippen LogP contribution in [0, 0.1) is 0 Å². The smallest absolute Gasteiger partial charge is 0.356 e. The van der Waals surface area contributed by atoms with Gasteiger partial charge < -0.3 is 10.4 Å². The fourth-order valence-electron chi connectivity index (χ4n) is 2.11. The fraction of sp³-hybridized carbons (Fsp3) is 0.143. The molecule has 0 bridgehead atoms. The van der Waals surface area contributed by atoms with Gasteiger partial charge in [0.2, 0.25) is 0 Å². The third kappa shape index (κ3) is 2.14. The Hall–Kier alpha value is -2.34. The Kier molecular flexibility index (Phi) is 3.15. The number of carbonyl (C=O) groups is 1. The first-order chi connectivity index (χ1) is 9.66. The minimum absolute atomic E-state index is 0.0120. The van der Waals surface area contributed by atoms with Crippen LogP contribution in [0.4, 0.5) is 5.82 Å². The number of hydrogen-bond acceptors (Lipinski definition) is 4. The summed E-state index contributed by atoms with van der Waals surface area (Å²) in [6, 6.07) is 9.40. The molecule has 0 aliphatic carbocycles. The number of carboxylic acid groups (broad SMARTS) is 1. The van der Waals surface area contributed by atoms with Crippen LogP contribution in [0.15, 0.2) is 41.9 Å². The maximum atomic E-state index is 11.5. The second-order valence-corrected chi connectivity index (χ2v) is 5.40. The van der Waals surface area contributed by atoms with Gasteiger partial charge in [-0.1, -0.05) is 12.1 Å². The first kappa shape index (κ1) is 12.7. The topological polar surface area (TPSA) is 66.6 Å². The van der Waals surface area contributed by atoms with E-state index in [0.29, 0.717) is 11.5 Å². The number of anilines is 1. The molecule has 0 spiro atoms. The van der Waals surface area contributed by atoms with Gasteiger partial charge in [0.25, 0.3) is 0 Å². The van der Waals surface area contributed by atoms with Gasteiger partial charge in [-0.15, -0.1) is 11.3 Å². The number of aromatic nitrogens is 2. The van der Waals surface area contributed by atoms with Crippen molar-refractivity contribution in [2.24, 2.45) is 0 Å². The van der Waals surface area contributed by atoms with E-state index in [2.05, 4.69) is 10.3 Å². The Morgan fingerprint density at radius 3 is 2.95 bits per heavy atom. The van der Waals surface area contributed by atoms with Crippen molar-refractivity contribution < 1.29 is 9.90 Å². The van der Waals surface area contributed by atoms with Crippen molar-refractivity contribution in [3.05, 3.63) is 52.5 Å². The van der Waals surface area contributed by atoms with Gasteiger partial charge in [0.15, 0.2) is 11.5 Å². The highest BCUT2D eigenvalue weighted by molar-refractivity contribution is 7.10. The Morgan fingerprint density at radius 1 is 1.40 bits per heavy atom. The average molecular weight is 287 g/mol. The third-order valence-corrected chi connectivity index (χ3v) is 4.11. The minimum atomic E-state index is -0.996. The van der Waals surface area contributed by atoms with Gasteiger partial charge in [0.1, 0.15) is 5.65 Å². The van der Waals surface area contributed by atoms with Gasteiger partial charge in [-0.2, -0.15) is 0 Å². The summed E-state index contributed by atoms with van der Waals surface area (Å²) < 4.78 is 1.58. The van der Waals surface area contributed by atoms with Crippen molar-refractivity contribution >= 4 is 28.8 Å². The van der Waals surface area contributed by atoms with Crippen LogP contribution < -0.4 is 5.32 Å². The van der Waals surface area contributed by atoms with Crippen molar-refractivity contribution in [3.8, 4) is 0 Å². The summed E-state index contributed by atoms with van der Waals surface area (Å²) in [6.45, 7) is 1.99. The lowest BCUT2D eigenvalue weighted by atomic mass is 10.2. The van der Waals surface area contributed by atoms with Gasteiger partial charge in [0.05, 0.1) is 6.04 Å². The zero-order valence-electron chi connectivity index (χ0n) is 10.8. The zero-order chi connectivity index (χ0) is 14.1. The molecule has 1 unspecified atom stereocenters. The Labute approximate surface area is 119 Å². The number of thiophene rings is 1. The van der Waals surface area contributed by atoms with E-state index in [1.165, 1.54) is 0 Å². The lowest BCUT2D eigenvalue weighted by Gasteiger charge is -2.11. The number of fused-ring (bicyclic) bond motifs is 1. The predicted octanol–water partition coefficient (Wildman–Crippen LogP) is 3.27. The second-order valence-electron chi connectivity index (χ2n) is 4.42. The van der Waals surface area contributed by atoms with E-state index in [9.17, 15) is 9.90 Å². The summed E-state index contributed by atoms with van der Waals surface area (Å²) >= 11 is 1.63. The highest BCUT2D eigenvalue weighted by Crippen LogP contribution is 2.25. The van der Waals surface area contributed by atoms with Gasteiger partial charge in [-0.3, -0.25) is 4.40 Å². The molecule has 0 amide bonds. The summed E-state index contributed by atoms with van der Waals surface area (Å²) in [7, 11) is 0. The molecular formula is C14H13N3O2S. The molecule has 0 fully saturated rings. The van der Waals surface area contributed by atoms with Crippen molar-refractivity contribution in [1.82, 2.24) is 9.38 Å². The molecule has 0 aliphatic heterocycles. The first-order valence-electron chi connectivity index (χ1n) is 6.17. The molecule has 102 valence electrons. The van der Waals surface area contributed by atoms with Crippen molar-refractivity contribution in [2.75, 3.05) is 5.32 Å². The highest BCUT2D eigenvalue weighted by atomic mass is 32.1. The molecule has 3 rings (SSSR count). The number of imidazole rings is 1. The molecule has 0 saturated carbocycles. The molecule has 3 aromatic rings. The fourth-order valence-corrected chi connectivity index (χ4v) is 2.85. The normalized spacial score (nSPS) is 12.4. The maximum Gasteiger partial charge on any atom is 0.356 e. The lowest BCUT2D eigenvalue weighted by molar-refractivity contribution is 0.0690. The van der Waals surface area contributed by atoms with Gasteiger partial charge in [-0.05, 0) is 30.5 Å². The van der Waals surface area contributed by atoms with Crippen LogP contribution in [0.2, 0.25) is 0 Å². The number of pyridine rings is 1. The standard InChI is InChI=1S/C14H13N3O2S/c1-9(10-5-4-8-20-10)15-13-12(14(18)19)17-7-3-2-6-11(17)16-13/h2-9,15H,1H3,(H,18,19). The Morgan fingerprint density at radius 2 is 2.25 bits per heavy atom. The lowest BCUT2D eigenvalue weighted by Crippen LogP contribution is -2.10. The van der Waals surface area contributed by atoms with E-state index in [4.69, 9.17) is 0 Å². The number of hydrogen-bond donors (Lipinski definition) is 2. The third-order valence-electron chi connectivity index (χ3n) is 3.06. The van der Waals surface area contributed by atoms with Crippen LogP contribution in [0.25, 0.3) is 5.65 Å². The molecule has 6 heteroatoms. The van der Waals surface area contributed by atoms with Crippen LogP contribution >= 0.6 is 11.3 Å². The van der Waals surface area contributed by atoms with Crippen molar-refractivity contribution in [3.63, 3.8) is 0 Å². The molecular weight excluding hydrogens is 274 g/mol. The number of aromatic carboxylic acids is 1. The van der Waals surface area contributed by atoms with Gasteiger partial charge in [-0.25, -0.2) is 9.78 Å². The van der Waals surface area contributed by atoms with Crippen molar-refractivity contribution in [1.29, 1.82) is 0 Å². The summed E-state index contributed by atoms with van der Waals surface area (Å²) in [5.74, 6) is -0.603. The SMILES string of the molecule is CC(Nc1nc2ccccn2c1C(=O)O)c1cccs1. The summed E-state index contributed by atoms with van der Waals surface area (Å²) in [5.41, 5.74) is 0.773. The van der Waals surface area contributed by atoms with Crippen LogP contribution in [0.3, 0.4) is 0 Å². The number of nitrogens with zero attached hydrogens (tertiary/aromatic N) is 2. The minimum Gasteiger partial charge on any atom is -0.476 e. The maximum absolute atomic E-state index is 11.5. The van der Waals surface area contributed by atoms with E-state index in [1.54, 1.807) is 34.1 Å². The molecule has 0 aliphatic rings. The summed E-state index contributed by atoms with van der Waals surface area (Å²) in [4.78, 5) is 17.0. The van der Waals surface area contributed by atoms with Crippen LogP contribution in [0.5, 0.6) is 0 Å². The van der Waals surface area contributed by atoms with Gasteiger partial charge in [0, 0.05) is 11.1 Å². The van der Waals surface area contributed by atoms with Crippen LogP contribution in [0.1, 0.15) is 28.3 Å². The van der Waals surface area contributed by atoms with E-state index in [-0.39, 0.29) is 11.7 Å².